The van der Waals surface area contributed by atoms with Crippen LogP contribution in [-0.2, 0) is 5.75 Å². The zero-order chi connectivity index (χ0) is 18.7. The fourth-order valence-electron chi connectivity index (χ4n) is 2.61. The van der Waals surface area contributed by atoms with Crippen LogP contribution in [0.25, 0.3) is 5.69 Å². The van der Waals surface area contributed by atoms with Gasteiger partial charge in [0.15, 0.2) is 11.5 Å². The SMILES string of the molecule is COc1cc(C)c(CSc2nnnn2-c2ccc(C)c(C)c2)cc1OC. The number of nitrogens with zero attached hydrogens (tertiary/aromatic N) is 4. The van der Waals surface area contributed by atoms with Crippen LogP contribution in [0.15, 0.2) is 35.5 Å². The summed E-state index contributed by atoms with van der Waals surface area (Å²) in [5.74, 6) is 2.19. The van der Waals surface area contributed by atoms with E-state index in [9.17, 15) is 0 Å². The van der Waals surface area contributed by atoms with E-state index in [0.717, 1.165) is 39.2 Å². The highest BCUT2D eigenvalue weighted by Gasteiger charge is 2.13. The highest BCUT2D eigenvalue weighted by molar-refractivity contribution is 7.98. The molecule has 0 atom stereocenters. The van der Waals surface area contributed by atoms with Gasteiger partial charge in [-0.05, 0) is 77.7 Å². The Bertz CT molecular complexity index is 924. The Hall–Kier alpha value is -2.54. The van der Waals surface area contributed by atoms with Gasteiger partial charge in [0, 0.05) is 5.75 Å². The van der Waals surface area contributed by atoms with Gasteiger partial charge in [0.2, 0.25) is 5.16 Å². The first-order valence-electron chi connectivity index (χ1n) is 8.23. The van der Waals surface area contributed by atoms with Gasteiger partial charge in [-0.2, -0.15) is 4.68 Å². The molecular formula is C19H22N4O2S. The van der Waals surface area contributed by atoms with Gasteiger partial charge < -0.3 is 9.47 Å². The van der Waals surface area contributed by atoms with Gasteiger partial charge in [0.25, 0.3) is 0 Å². The van der Waals surface area contributed by atoms with Crippen molar-refractivity contribution in [1.29, 1.82) is 0 Å². The van der Waals surface area contributed by atoms with Crippen LogP contribution in [0.4, 0.5) is 0 Å². The topological polar surface area (TPSA) is 62.1 Å². The lowest BCUT2D eigenvalue weighted by atomic mass is 10.1. The van der Waals surface area contributed by atoms with Crippen molar-refractivity contribution in [1.82, 2.24) is 20.2 Å². The van der Waals surface area contributed by atoms with Gasteiger partial charge in [0.05, 0.1) is 19.9 Å². The second-order valence-corrected chi connectivity index (χ2v) is 7.01. The number of hydrogen-bond donors (Lipinski definition) is 0. The van der Waals surface area contributed by atoms with Crippen molar-refractivity contribution < 1.29 is 9.47 Å². The quantitative estimate of drug-likeness (QED) is 0.613. The molecule has 0 bridgehead atoms. The maximum Gasteiger partial charge on any atom is 0.214 e. The molecule has 3 aromatic rings. The zero-order valence-electron chi connectivity index (χ0n) is 15.6. The van der Waals surface area contributed by atoms with Gasteiger partial charge in [-0.25, -0.2) is 0 Å². The first-order chi connectivity index (χ1) is 12.5. The third-order valence-electron chi connectivity index (χ3n) is 4.37. The van der Waals surface area contributed by atoms with Gasteiger partial charge in [-0.1, -0.05) is 17.8 Å². The minimum Gasteiger partial charge on any atom is -0.493 e. The third-order valence-corrected chi connectivity index (χ3v) is 5.34. The number of aryl methyl sites for hydroxylation is 3. The molecular weight excluding hydrogens is 348 g/mol. The Morgan fingerprint density at radius 2 is 1.65 bits per heavy atom. The third kappa shape index (κ3) is 3.67. The van der Waals surface area contributed by atoms with Crippen LogP contribution in [0.3, 0.4) is 0 Å². The van der Waals surface area contributed by atoms with Crippen LogP contribution in [0.5, 0.6) is 11.5 Å². The monoisotopic (exact) mass is 370 g/mol. The van der Waals surface area contributed by atoms with Crippen molar-refractivity contribution in [2.45, 2.75) is 31.7 Å². The molecule has 0 saturated carbocycles. The molecule has 0 unspecified atom stereocenters. The summed E-state index contributed by atoms with van der Waals surface area (Å²) in [7, 11) is 3.29. The number of aromatic nitrogens is 4. The van der Waals surface area contributed by atoms with Gasteiger partial charge in [0.1, 0.15) is 0 Å². The second kappa shape index (κ2) is 7.78. The lowest BCUT2D eigenvalue weighted by molar-refractivity contribution is 0.354. The number of hydrogen-bond acceptors (Lipinski definition) is 6. The predicted molar refractivity (Wildman–Crippen MR) is 102 cm³/mol. The molecule has 0 amide bonds. The molecule has 2 aromatic carbocycles. The predicted octanol–water partition coefficient (Wildman–Crippen LogP) is 3.90. The summed E-state index contributed by atoms with van der Waals surface area (Å²) < 4.78 is 12.5. The molecule has 0 spiro atoms. The Morgan fingerprint density at radius 3 is 2.35 bits per heavy atom. The second-order valence-electron chi connectivity index (χ2n) is 6.06. The molecule has 1 heterocycles. The lowest BCUT2D eigenvalue weighted by Crippen LogP contribution is -2.00. The first kappa shape index (κ1) is 18.3. The number of tetrazole rings is 1. The van der Waals surface area contributed by atoms with E-state index >= 15 is 0 Å². The molecule has 0 saturated heterocycles. The number of benzene rings is 2. The number of thioether (sulfide) groups is 1. The van der Waals surface area contributed by atoms with Crippen LogP contribution in [-0.4, -0.2) is 34.4 Å². The summed E-state index contributed by atoms with van der Waals surface area (Å²) in [5, 5.41) is 12.9. The van der Waals surface area contributed by atoms with Crippen LogP contribution < -0.4 is 9.47 Å². The normalized spacial score (nSPS) is 10.8. The van der Waals surface area contributed by atoms with Crippen molar-refractivity contribution in [2.75, 3.05) is 14.2 Å². The van der Waals surface area contributed by atoms with Crippen LogP contribution in [0, 0.1) is 20.8 Å². The largest absolute Gasteiger partial charge is 0.493 e. The van der Waals surface area contributed by atoms with Crippen molar-refractivity contribution in [3.05, 3.63) is 52.6 Å². The molecule has 0 aliphatic rings. The molecule has 26 heavy (non-hydrogen) atoms. The lowest BCUT2D eigenvalue weighted by Gasteiger charge is -2.12. The summed E-state index contributed by atoms with van der Waals surface area (Å²) >= 11 is 1.59. The first-order valence-corrected chi connectivity index (χ1v) is 9.22. The number of methoxy groups -OCH3 is 2. The summed E-state index contributed by atoms with van der Waals surface area (Å²) in [5.41, 5.74) is 5.72. The van der Waals surface area contributed by atoms with Crippen LogP contribution in [0.2, 0.25) is 0 Å². The highest BCUT2D eigenvalue weighted by atomic mass is 32.2. The van der Waals surface area contributed by atoms with Gasteiger partial charge >= 0.3 is 0 Å². The molecule has 0 fully saturated rings. The average Bonchev–Trinajstić information content (AvgIpc) is 3.11. The zero-order valence-corrected chi connectivity index (χ0v) is 16.4. The molecule has 1 aromatic heterocycles. The molecule has 136 valence electrons. The minimum atomic E-state index is 0.724. The van der Waals surface area contributed by atoms with E-state index in [4.69, 9.17) is 9.47 Å². The Morgan fingerprint density at radius 1 is 0.923 bits per heavy atom. The summed E-state index contributed by atoms with van der Waals surface area (Å²) in [6.07, 6.45) is 0. The van der Waals surface area contributed by atoms with E-state index in [2.05, 4.69) is 48.4 Å². The minimum absolute atomic E-state index is 0.724. The molecule has 0 radical (unpaired) electrons. The Balaban J connectivity index is 1.83. The van der Waals surface area contributed by atoms with Crippen molar-refractivity contribution in [3.63, 3.8) is 0 Å². The molecule has 0 aliphatic heterocycles. The van der Waals surface area contributed by atoms with Gasteiger partial charge in [-0.15, -0.1) is 5.10 Å². The summed E-state index contributed by atoms with van der Waals surface area (Å²) in [4.78, 5) is 0. The summed E-state index contributed by atoms with van der Waals surface area (Å²) in [6.45, 7) is 6.24. The summed E-state index contributed by atoms with van der Waals surface area (Å²) in [6, 6.07) is 10.2. The fourth-order valence-corrected chi connectivity index (χ4v) is 3.56. The molecule has 3 rings (SSSR count). The van der Waals surface area contributed by atoms with Crippen molar-refractivity contribution in [2.24, 2.45) is 0 Å². The number of rotatable bonds is 6. The smallest absolute Gasteiger partial charge is 0.214 e. The maximum absolute atomic E-state index is 5.41. The van der Waals surface area contributed by atoms with E-state index in [1.165, 1.54) is 11.1 Å². The molecule has 6 nitrogen and oxygen atoms in total. The molecule has 7 heteroatoms. The highest BCUT2D eigenvalue weighted by Crippen LogP contribution is 2.33. The molecule has 0 N–H and O–H groups in total. The van der Waals surface area contributed by atoms with E-state index in [0.29, 0.717) is 0 Å². The standard InChI is InChI=1S/C19H22N4O2S/c1-12-6-7-16(8-13(12)2)23-19(20-21-22-23)26-11-15-10-18(25-5)17(24-4)9-14(15)3/h6-10H,11H2,1-5H3. The van der Waals surface area contributed by atoms with Gasteiger partial charge in [-0.3, -0.25) is 0 Å². The van der Waals surface area contributed by atoms with E-state index in [-0.39, 0.29) is 0 Å². The van der Waals surface area contributed by atoms with E-state index < -0.39 is 0 Å². The fraction of sp³-hybridized carbons (Fsp3) is 0.316. The average molecular weight is 370 g/mol. The Labute approximate surface area is 157 Å². The van der Waals surface area contributed by atoms with E-state index in [1.54, 1.807) is 30.7 Å². The van der Waals surface area contributed by atoms with Crippen molar-refractivity contribution in [3.8, 4) is 17.2 Å². The number of ether oxygens (including phenoxy) is 2. The Kier molecular flexibility index (Phi) is 5.46. The maximum atomic E-state index is 5.41. The molecule has 0 aliphatic carbocycles. The van der Waals surface area contributed by atoms with Crippen molar-refractivity contribution >= 4 is 11.8 Å². The van der Waals surface area contributed by atoms with E-state index in [1.807, 2.05) is 18.2 Å². The van der Waals surface area contributed by atoms with Crippen LogP contribution >= 0.6 is 11.8 Å². The van der Waals surface area contributed by atoms with Crippen LogP contribution in [0.1, 0.15) is 22.3 Å².